The van der Waals surface area contributed by atoms with Crippen LogP contribution in [0.3, 0.4) is 0 Å². The van der Waals surface area contributed by atoms with Crippen molar-refractivity contribution in [3.63, 3.8) is 0 Å². The molecule has 1 heteroatoms. The number of hydrogen-bond donors (Lipinski definition) is 0. The van der Waals surface area contributed by atoms with E-state index in [9.17, 15) is 0 Å². The summed E-state index contributed by atoms with van der Waals surface area (Å²) in [5.74, 6) is 0. The van der Waals surface area contributed by atoms with Crippen LogP contribution in [0.4, 0.5) is 0 Å². The van der Waals surface area contributed by atoms with Crippen LogP contribution in [0.15, 0.2) is 0 Å². The molecule has 0 N–H and O–H groups in total. The fourth-order valence-electron chi connectivity index (χ4n) is 4.22. The molecular weight excluding hydrogens is 328 g/mol. The van der Waals surface area contributed by atoms with Crippen molar-refractivity contribution in [3.05, 3.63) is 0 Å². The van der Waals surface area contributed by atoms with Gasteiger partial charge in [0.15, 0.2) is 0 Å². The van der Waals surface area contributed by atoms with E-state index < -0.39 is 0 Å². The van der Waals surface area contributed by atoms with Crippen LogP contribution in [-0.2, 0) is 4.74 Å². The van der Waals surface area contributed by atoms with Crippen molar-refractivity contribution in [2.45, 2.75) is 161 Å². The number of ether oxygens (including phenoxy) is 1. The minimum atomic E-state index is 0.648. The number of rotatable bonds is 23. The summed E-state index contributed by atoms with van der Waals surface area (Å²) in [5.41, 5.74) is 0. The van der Waals surface area contributed by atoms with Gasteiger partial charge < -0.3 is 4.74 Å². The molecule has 1 aliphatic rings. The lowest BCUT2D eigenvalue weighted by atomic mass is 10.0. The summed E-state index contributed by atoms with van der Waals surface area (Å²) >= 11 is 0. The summed E-state index contributed by atoms with van der Waals surface area (Å²) in [4.78, 5) is 0. The van der Waals surface area contributed by atoms with E-state index in [1.807, 2.05) is 0 Å². The monoisotopic (exact) mass is 380 g/mol. The molecule has 1 heterocycles. The van der Waals surface area contributed by atoms with Gasteiger partial charge in [-0.05, 0) is 6.42 Å². The zero-order valence-corrected chi connectivity index (χ0v) is 19.0. The van der Waals surface area contributed by atoms with Crippen molar-refractivity contribution in [2.24, 2.45) is 0 Å². The lowest BCUT2D eigenvalue weighted by Gasteiger charge is -2.04. The molecule has 1 nitrogen and oxygen atoms in total. The van der Waals surface area contributed by atoms with Gasteiger partial charge in [0.25, 0.3) is 0 Å². The van der Waals surface area contributed by atoms with Crippen molar-refractivity contribution >= 4 is 0 Å². The van der Waals surface area contributed by atoms with Crippen LogP contribution in [0.5, 0.6) is 0 Å². The second-order valence-corrected chi connectivity index (χ2v) is 9.17. The predicted molar refractivity (Wildman–Crippen MR) is 122 cm³/mol. The van der Waals surface area contributed by atoms with Gasteiger partial charge in [0, 0.05) is 0 Å². The van der Waals surface area contributed by atoms with Crippen LogP contribution < -0.4 is 0 Å². The summed E-state index contributed by atoms with van der Waals surface area (Å²) in [6, 6.07) is 0. The van der Waals surface area contributed by atoms with Crippen LogP contribution in [-0.4, -0.2) is 12.7 Å². The van der Waals surface area contributed by atoms with E-state index in [0.29, 0.717) is 6.10 Å². The lowest BCUT2D eigenvalue weighted by molar-refractivity contribution is 0.387. The van der Waals surface area contributed by atoms with Crippen molar-refractivity contribution in [3.8, 4) is 0 Å². The molecule has 1 fully saturated rings. The third kappa shape index (κ3) is 20.5. The standard InChI is InChI=1S/C26H52O/c1-2-3-4-5-6-7-8-9-10-11-12-13-14-15-16-17-18-19-20-21-22-23-24-26-25-27-26/h26H,2-25H2,1H3. The SMILES string of the molecule is CCCCCCCCCCCCCCCCCCCCCCCCC1CO1. The fourth-order valence-corrected chi connectivity index (χ4v) is 4.22. The van der Waals surface area contributed by atoms with E-state index in [4.69, 9.17) is 4.74 Å². The highest BCUT2D eigenvalue weighted by atomic mass is 16.6. The minimum absolute atomic E-state index is 0.648. The average molecular weight is 381 g/mol. The van der Waals surface area contributed by atoms with Crippen molar-refractivity contribution in [1.29, 1.82) is 0 Å². The van der Waals surface area contributed by atoms with E-state index in [1.165, 1.54) is 148 Å². The largest absolute Gasteiger partial charge is 0.373 e. The molecule has 1 rings (SSSR count). The molecule has 1 saturated heterocycles. The van der Waals surface area contributed by atoms with Crippen LogP contribution in [0, 0.1) is 0 Å². The second-order valence-electron chi connectivity index (χ2n) is 9.17. The first kappa shape index (κ1) is 25.0. The summed E-state index contributed by atoms with van der Waals surface area (Å²) in [5, 5.41) is 0. The molecule has 0 aromatic heterocycles. The Morgan fingerprint density at radius 1 is 0.444 bits per heavy atom. The second kappa shape index (κ2) is 20.7. The van der Waals surface area contributed by atoms with E-state index >= 15 is 0 Å². The van der Waals surface area contributed by atoms with Crippen LogP contribution in [0.2, 0.25) is 0 Å². The Bertz CT molecular complexity index is 271. The first-order valence-corrected chi connectivity index (χ1v) is 13.0. The lowest BCUT2D eigenvalue weighted by Crippen LogP contribution is -1.86. The first-order valence-electron chi connectivity index (χ1n) is 13.0. The molecule has 0 bridgehead atoms. The Labute approximate surface area is 172 Å². The normalized spacial score (nSPS) is 16.1. The molecule has 0 radical (unpaired) electrons. The maximum Gasteiger partial charge on any atom is 0.0810 e. The van der Waals surface area contributed by atoms with Gasteiger partial charge in [-0.2, -0.15) is 0 Å². The summed E-state index contributed by atoms with van der Waals surface area (Å²) < 4.78 is 5.26. The predicted octanol–water partition coefficient (Wildman–Crippen LogP) is 9.38. The molecule has 162 valence electrons. The zero-order valence-electron chi connectivity index (χ0n) is 19.0. The van der Waals surface area contributed by atoms with Gasteiger partial charge in [0.2, 0.25) is 0 Å². The van der Waals surface area contributed by atoms with Crippen molar-refractivity contribution in [1.82, 2.24) is 0 Å². The molecule has 27 heavy (non-hydrogen) atoms. The van der Waals surface area contributed by atoms with Gasteiger partial charge >= 0.3 is 0 Å². The Hall–Kier alpha value is -0.0400. The molecule has 0 aromatic carbocycles. The molecule has 1 unspecified atom stereocenters. The molecule has 0 aromatic rings. The Morgan fingerprint density at radius 2 is 0.704 bits per heavy atom. The summed E-state index contributed by atoms with van der Waals surface area (Å²) in [7, 11) is 0. The highest BCUT2D eigenvalue weighted by Gasteiger charge is 2.20. The van der Waals surface area contributed by atoms with Gasteiger partial charge in [-0.15, -0.1) is 0 Å². The van der Waals surface area contributed by atoms with E-state index in [1.54, 1.807) is 0 Å². The third-order valence-corrected chi connectivity index (χ3v) is 6.28. The Morgan fingerprint density at radius 3 is 0.963 bits per heavy atom. The maximum absolute atomic E-state index is 5.26. The van der Waals surface area contributed by atoms with E-state index in [-0.39, 0.29) is 0 Å². The quantitative estimate of drug-likeness (QED) is 0.127. The first-order chi connectivity index (χ1) is 13.4. The fraction of sp³-hybridized carbons (Fsp3) is 1.00. The molecule has 0 saturated carbocycles. The Kier molecular flexibility index (Phi) is 19.2. The minimum Gasteiger partial charge on any atom is -0.373 e. The van der Waals surface area contributed by atoms with E-state index in [0.717, 1.165) is 6.61 Å². The van der Waals surface area contributed by atoms with E-state index in [2.05, 4.69) is 6.92 Å². The van der Waals surface area contributed by atoms with Crippen LogP contribution in [0.1, 0.15) is 155 Å². The molecular formula is C26H52O. The highest BCUT2D eigenvalue weighted by Crippen LogP contribution is 2.19. The smallest absolute Gasteiger partial charge is 0.0810 e. The van der Waals surface area contributed by atoms with Gasteiger partial charge in [-0.1, -0.05) is 148 Å². The third-order valence-electron chi connectivity index (χ3n) is 6.28. The highest BCUT2D eigenvalue weighted by molar-refractivity contribution is 4.68. The molecule has 0 amide bonds. The topological polar surface area (TPSA) is 12.5 Å². The molecule has 0 aliphatic carbocycles. The summed E-state index contributed by atoms with van der Waals surface area (Å²) in [6.07, 6.45) is 34.2. The zero-order chi connectivity index (χ0) is 19.3. The molecule has 1 atom stereocenters. The number of unbranched alkanes of at least 4 members (excludes halogenated alkanes) is 21. The average Bonchev–Trinajstić information content (AvgIpc) is 3.50. The van der Waals surface area contributed by atoms with Crippen molar-refractivity contribution in [2.75, 3.05) is 6.61 Å². The molecule has 0 spiro atoms. The van der Waals surface area contributed by atoms with Gasteiger partial charge in [0.1, 0.15) is 0 Å². The number of hydrogen-bond acceptors (Lipinski definition) is 1. The van der Waals surface area contributed by atoms with Gasteiger partial charge in [-0.3, -0.25) is 0 Å². The maximum atomic E-state index is 5.26. The van der Waals surface area contributed by atoms with Crippen LogP contribution >= 0.6 is 0 Å². The summed E-state index contributed by atoms with van der Waals surface area (Å²) in [6.45, 7) is 3.34. The Balaban J connectivity index is 1.59. The number of epoxide rings is 1. The van der Waals surface area contributed by atoms with Crippen molar-refractivity contribution < 1.29 is 4.74 Å². The van der Waals surface area contributed by atoms with Gasteiger partial charge in [0.05, 0.1) is 12.7 Å². The van der Waals surface area contributed by atoms with Crippen LogP contribution in [0.25, 0.3) is 0 Å². The molecule has 1 aliphatic heterocycles. The van der Waals surface area contributed by atoms with Gasteiger partial charge in [-0.25, -0.2) is 0 Å².